The summed E-state index contributed by atoms with van der Waals surface area (Å²) in [6.45, 7) is 0.881. The van der Waals surface area contributed by atoms with Gasteiger partial charge >= 0.3 is 6.09 Å². The Balaban J connectivity index is 1.69. The Kier molecular flexibility index (Phi) is 9.25. The van der Waals surface area contributed by atoms with E-state index < -0.39 is 29.5 Å². The van der Waals surface area contributed by atoms with Gasteiger partial charge in [0.2, 0.25) is 0 Å². The number of primary amides is 1. The Hall–Kier alpha value is -3.91. The number of phenols is 1. The van der Waals surface area contributed by atoms with E-state index in [0.717, 1.165) is 55.7 Å². The van der Waals surface area contributed by atoms with Gasteiger partial charge in [0.1, 0.15) is 17.8 Å². The molecule has 1 aromatic rings. The molecule has 2 atom stereocenters. The van der Waals surface area contributed by atoms with Crippen molar-refractivity contribution in [3.63, 3.8) is 0 Å². The number of hydrogen-bond donors (Lipinski definition) is 5. The van der Waals surface area contributed by atoms with E-state index in [2.05, 4.69) is 16.1 Å². The molecule has 1 heterocycles. The van der Waals surface area contributed by atoms with Gasteiger partial charge in [0.25, 0.3) is 5.91 Å². The summed E-state index contributed by atoms with van der Waals surface area (Å²) in [4.78, 5) is 25.1. The maximum atomic E-state index is 15.5. The van der Waals surface area contributed by atoms with Crippen LogP contribution in [0.1, 0.15) is 49.7 Å². The first-order valence-electron chi connectivity index (χ1n) is 12.2. The fraction of sp³-hybridized carbons (Fsp3) is 0.462. The molecule has 10 nitrogen and oxygen atoms in total. The first-order chi connectivity index (χ1) is 17.7. The normalized spacial score (nSPS) is 22.4. The van der Waals surface area contributed by atoms with Crippen molar-refractivity contribution < 1.29 is 23.8 Å². The van der Waals surface area contributed by atoms with Gasteiger partial charge < -0.3 is 20.9 Å². The number of alkyl carbamates (subject to hydrolysis) is 1. The standard InChI is InChI=1S/C26H33FN6O4/c1-37-25(36)32-23(29)20(24(30)35)14-31-26(9-11-28)10-12-33(16-22(26)27)15-17-7-8-19(21(34)13-17)18-5-3-2-4-6-18/h5,7-8,13-14,22,31,34H,2-4,6,9-10,12,15-16H2,1H3,(H2,30,35)(H2,29,32,36)/b20-14+. The van der Waals surface area contributed by atoms with Gasteiger partial charge in [-0.1, -0.05) is 18.2 Å². The summed E-state index contributed by atoms with van der Waals surface area (Å²) >= 11 is 0. The van der Waals surface area contributed by atoms with Gasteiger partial charge in [0.15, 0.2) is 0 Å². The number of amides is 2. The molecule has 0 saturated carbocycles. The number of hydrogen-bond acceptors (Lipinski definition) is 8. The highest BCUT2D eigenvalue weighted by atomic mass is 19.1. The Morgan fingerprint density at radius 3 is 2.81 bits per heavy atom. The van der Waals surface area contributed by atoms with Crippen LogP contribution in [0.25, 0.3) is 5.57 Å². The molecule has 0 radical (unpaired) electrons. The van der Waals surface area contributed by atoms with Crippen LogP contribution in [0, 0.1) is 16.7 Å². The number of rotatable bonds is 8. The topological polar surface area (TPSA) is 165 Å². The summed E-state index contributed by atoms with van der Waals surface area (Å²) in [6, 6.07) is 7.56. The first-order valence-corrected chi connectivity index (χ1v) is 12.2. The van der Waals surface area contributed by atoms with E-state index in [1.54, 1.807) is 6.07 Å². The number of nitriles is 1. The van der Waals surface area contributed by atoms with E-state index in [4.69, 9.17) is 11.1 Å². The Morgan fingerprint density at radius 2 is 2.22 bits per heavy atom. The average Bonchev–Trinajstić information content (AvgIpc) is 2.86. The van der Waals surface area contributed by atoms with Gasteiger partial charge in [-0.15, -0.1) is 0 Å². The second-order valence-corrected chi connectivity index (χ2v) is 9.33. The van der Waals surface area contributed by atoms with Gasteiger partial charge in [-0.05, 0) is 49.3 Å². The Labute approximate surface area is 215 Å². The highest BCUT2D eigenvalue weighted by molar-refractivity contribution is 6.21. The summed E-state index contributed by atoms with van der Waals surface area (Å²) in [7, 11) is 1.10. The number of alkyl halides is 1. The zero-order valence-corrected chi connectivity index (χ0v) is 20.8. The number of amidine groups is 1. The predicted octanol–water partition coefficient (Wildman–Crippen LogP) is 2.84. The van der Waals surface area contributed by atoms with Crippen molar-refractivity contribution in [2.24, 2.45) is 5.73 Å². The van der Waals surface area contributed by atoms with Crippen LogP contribution in [0.2, 0.25) is 0 Å². The van der Waals surface area contributed by atoms with Crippen LogP contribution in [-0.2, 0) is 16.1 Å². The van der Waals surface area contributed by atoms with Crippen molar-refractivity contribution in [2.45, 2.75) is 56.8 Å². The molecule has 1 saturated heterocycles. The van der Waals surface area contributed by atoms with Gasteiger partial charge in [0.05, 0.1) is 30.7 Å². The summed E-state index contributed by atoms with van der Waals surface area (Å²) in [5, 5.41) is 32.7. The lowest BCUT2D eigenvalue weighted by molar-refractivity contribution is -0.114. The van der Waals surface area contributed by atoms with Crippen molar-refractivity contribution in [1.82, 2.24) is 15.5 Å². The highest BCUT2D eigenvalue weighted by Gasteiger charge is 2.43. The quantitative estimate of drug-likeness (QED) is 0.203. The molecule has 0 aromatic heterocycles. The predicted molar refractivity (Wildman–Crippen MR) is 136 cm³/mol. The van der Waals surface area contributed by atoms with Crippen LogP contribution < -0.4 is 16.4 Å². The number of nitrogens with one attached hydrogen (secondary N) is 3. The molecule has 0 spiro atoms. The number of halogens is 1. The molecule has 1 fully saturated rings. The largest absolute Gasteiger partial charge is 0.507 e. The van der Waals surface area contributed by atoms with Gasteiger partial charge in [0, 0.05) is 31.4 Å². The maximum absolute atomic E-state index is 15.5. The van der Waals surface area contributed by atoms with Gasteiger partial charge in [-0.25, -0.2) is 9.18 Å². The number of benzene rings is 1. The lowest BCUT2D eigenvalue weighted by atomic mass is 9.83. The zero-order chi connectivity index (χ0) is 27.0. The molecule has 1 aliphatic carbocycles. The maximum Gasteiger partial charge on any atom is 0.412 e. The van der Waals surface area contributed by atoms with Gasteiger partial charge in [-0.3, -0.25) is 20.4 Å². The van der Waals surface area contributed by atoms with Crippen LogP contribution in [-0.4, -0.2) is 59.8 Å². The monoisotopic (exact) mass is 512 g/mol. The number of likely N-dealkylation sites (tertiary alicyclic amines) is 1. The van der Waals surface area contributed by atoms with Crippen molar-refractivity contribution in [3.05, 3.63) is 47.2 Å². The lowest BCUT2D eigenvalue weighted by Gasteiger charge is -2.43. The number of allylic oxidation sites excluding steroid dienone is 2. The smallest absolute Gasteiger partial charge is 0.412 e. The molecule has 1 aliphatic heterocycles. The number of carbonyl (C=O) groups is 2. The number of phenolic OH excluding ortho intramolecular Hbond substituents is 1. The molecule has 2 amide bonds. The van der Waals surface area contributed by atoms with Crippen molar-refractivity contribution in [1.29, 1.82) is 10.7 Å². The third kappa shape index (κ3) is 6.86. The lowest BCUT2D eigenvalue weighted by Crippen LogP contribution is -2.59. The van der Waals surface area contributed by atoms with Crippen LogP contribution >= 0.6 is 0 Å². The van der Waals surface area contributed by atoms with E-state index in [0.29, 0.717) is 13.1 Å². The Bertz CT molecular complexity index is 1140. The zero-order valence-electron chi connectivity index (χ0n) is 20.8. The molecular formula is C26H33FN6O4. The number of aromatic hydroxyl groups is 1. The van der Waals surface area contributed by atoms with Crippen molar-refractivity contribution in [2.75, 3.05) is 20.2 Å². The first kappa shape index (κ1) is 27.7. The molecule has 3 rings (SSSR count). The number of nitrogens with zero attached hydrogens (tertiary/aromatic N) is 2. The third-order valence-electron chi connectivity index (χ3n) is 6.84. The van der Waals surface area contributed by atoms with Gasteiger partial charge in [-0.2, -0.15) is 5.26 Å². The summed E-state index contributed by atoms with van der Waals surface area (Å²) in [5.74, 6) is -1.41. The number of ether oxygens (including phenoxy) is 1. The highest BCUT2D eigenvalue weighted by Crippen LogP contribution is 2.34. The number of piperidine rings is 1. The van der Waals surface area contributed by atoms with Crippen LogP contribution in [0.4, 0.5) is 9.18 Å². The second-order valence-electron chi connectivity index (χ2n) is 9.33. The van der Waals surface area contributed by atoms with E-state index in [1.165, 1.54) is 0 Å². The number of methoxy groups -OCH3 is 1. The summed E-state index contributed by atoms with van der Waals surface area (Å²) in [5.41, 5.74) is 6.48. The van der Waals surface area contributed by atoms with Crippen molar-refractivity contribution in [3.8, 4) is 11.8 Å². The molecule has 1 aromatic carbocycles. The summed E-state index contributed by atoms with van der Waals surface area (Å²) < 4.78 is 20.0. The van der Waals surface area contributed by atoms with E-state index in [-0.39, 0.29) is 30.7 Å². The second kappa shape index (κ2) is 12.4. The molecule has 198 valence electrons. The molecule has 0 bridgehead atoms. The number of nitrogens with two attached hydrogens (primary N) is 1. The molecule has 6 N–H and O–H groups in total. The molecule has 2 unspecified atom stereocenters. The average molecular weight is 513 g/mol. The molecular weight excluding hydrogens is 479 g/mol. The summed E-state index contributed by atoms with van der Waals surface area (Å²) in [6.07, 6.45) is 5.06. The van der Waals surface area contributed by atoms with Crippen LogP contribution in [0.3, 0.4) is 0 Å². The third-order valence-corrected chi connectivity index (χ3v) is 6.84. The minimum atomic E-state index is -1.49. The minimum absolute atomic E-state index is 0.0138. The SMILES string of the molecule is COC(=O)NC(=N)/C(=C\NC1(CC#N)CCN(Cc2ccc(C3=CCCCC3)c(O)c2)CC1F)C(N)=O. The molecule has 2 aliphatic rings. The van der Waals surface area contributed by atoms with Crippen LogP contribution in [0.15, 0.2) is 36.0 Å². The van der Waals surface area contributed by atoms with Crippen molar-refractivity contribution >= 4 is 23.4 Å². The van der Waals surface area contributed by atoms with E-state index in [1.807, 2.05) is 28.4 Å². The Morgan fingerprint density at radius 1 is 1.43 bits per heavy atom. The fourth-order valence-electron chi connectivity index (χ4n) is 4.70. The van der Waals surface area contributed by atoms with E-state index in [9.17, 15) is 20.0 Å². The molecule has 11 heteroatoms. The molecule has 37 heavy (non-hydrogen) atoms. The number of carbonyl (C=O) groups excluding carboxylic acids is 2. The minimum Gasteiger partial charge on any atom is -0.507 e. The van der Waals surface area contributed by atoms with E-state index >= 15 is 4.39 Å². The fourth-order valence-corrected chi connectivity index (χ4v) is 4.70. The van der Waals surface area contributed by atoms with Crippen LogP contribution in [0.5, 0.6) is 5.75 Å².